The van der Waals surface area contributed by atoms with Crippen molar-refractivity contribution >= 4 is 5.91 Å². The Morgan fingerprint density at radius 3 is 2.92 bits per heavy atom. The second-order valence-corrected chi connectivity index (χ2v) is 6.85. The molecule has 0 unspecified atom stereocenters. The van der Waals surface area contributed by atoms with Crippen molar-refractivity contribution in [1.82, 2.24) is 20.2 Å². The quantitative estimate of drug-likeness (QED) is 0.835. The van der Waals surface area contributed by atoms with E-state index in [0.29, 0.717) is 29.9 Å². The van der Waals surface area contributed by atoms with Gasteiger partial charge in [0.2, 0.25) is 11.7 Å². The first-order chi connectivity index (χ1) is 11.7. The molecule has 1 aliphatic carbocycles. The van der Waals surface area contributed by atoms with Crippen LogP contribution in [0.3, 0.4) is 0 Å². The molecule has 1 amide bonds. The zero-order valence-corrected chi connectivity index (χ0v) is 14.1. The molecular formula is C17H22N4O3. The van der Waals surface area contributed by atoms with E-state index >= 15 is 0 Å². The third-order valence-corrected chi connectivity index (χ3v) is 5.05. The van der Waals surface area contributed by atoms with Crippen LogP contribution in [0.4, 0.5) is 0 Å². The summed E-state index contributed by atoms with van der Waals surface area (Å²) in [7, 11) is 0. The molecule has 1 aliphatic heterocycles. The highest BCUT2D eigenvalue weighted by Gasteiger charge is 2.37. The molecule has 3 heterocycles. The number of aromatic nitrogens is 3. The second kappa shape index (κ2) is 6.03. The van der Waals surface area contributed by atoms with E-state index in [-0.39, 0.29) is 17.9 Å². The van der Waals surface area contributed by atoms with Crippen LogP contribution in [0.2, 0.25) is 0 Å². The van der Waals surface area contributed by atoms with Gasteiger partial charge in [0.15, 0.2) is 5.82 Å². The van der Waals surface area contributed by atoms with E-state index in [1.54, 1.807) is 11.0 Å². The number of amides is 1. The molecule has 0 spiro atoms. The fourth-order valence-electron chi connectivity index (χ4n) is 3.13. The summed E-state index contributed by atoms with van der Waals surface area (Å²) in [4.78, 5) is 19.1. The second-order valence-electron chi connectivity index (χ2n) is 6.85. The first kappa shape index (κ1) is 15.4. The van der Waals surface area contributed by atoms with Crippen molar-refractivity contribution in [2.75, 3.05) is 6.54 Å². The Balaban J connectivity index is 1.52. The topological polar surface area (TPSA) is 85.3 Å². The van der Waals surface area contributed by atoms with Crippen LogP contribution in [0.15, 0.2) is 15.1 Å². The van der Waals surface area contributed by atoms with Gasteiger partial charge >= 0.3 is 0 Å². The number of carbonyl (C=O) groups is 1. The average molecular weight is 330 g/mol. The third kappa shape index (κ3) is 2.72. The summed E-state index contributed by atoms with van der Waals surface area (Å²) in [6, 6.07) is 1.63. The van der Waals surface area contributed by atoms with E-state index in [2.05, 4.69) is 29.1 Å². The summed E-state index contributed by atoms with van der Waals surface area (Å²) in [5, 5.41) is 8.15. The summed E-state index contributed by atoms with van der Waals surface area (Å²) in [6.45, 7) is 4.84. The van der Waals surface area contributed by atoms with Gasteiger partial charge in [0, 0.05) is 24.4 Å². The maximum atomic E-state index is 12.8. The maximum Gasteiger partial charge on any atom is 0.293 e. The van der Waals surface area contributed by atoms with Crippen LogP contribution in [-0.2, 0) is 0 Å². The van der Waals surface area contributed by atoms with Crippen molar-refractivity contribution in [2.24, 2.45) is 0 Å². The van der Waals surface area contributed by atoms with Gasteiger partial charge in [-0.1, -0.05) is 24.2 Å². The van der Waals surface area contributed by atoms with Crippen LogP contribution < -0.4 is 0 Å². The summed E-state index contributed by atoms with van der Waals surface area (Å²) in [5.74, 6) is 2.18. The number of hydrogen-bond acceptors (Lipinski definition) is 6. The standard InChI is InChI=1S/C17H22N4O3/c1-3-10(2)12-9-14(23-19-12)17(22)21-8-4-5-13(21)15-18-16(24-20-15)11-6-7-11/h9-11,13H,3-8H2,1-2H3/t10-,13+/m1/s1. The minimum atomic E-state index is -0.141. The lowest BCUT2D eigenvalue weighted by molar-refractivity contribution is 0.0686. The van der Waals surface area contributed by atoms with E-state index in [0.717, 1.165) is 37.8 Å². The highest BCUT2D eigenvalue weighted by Crippen LogP contribution is 2.40. The molecule has 2 aromatic rings. The first-order valence-corrected chi connectivity index (χ1v) is 8.78. The zero-order valence-electron chi connectivity index (χ0n) is 14.1. The largest absolute Gasteiger partial charge is 0.351 e. The summed E-state index contributed by atoms with van der Waals surface area (Å²) >= 11 is 0. The van der Waals surface area contributed by atoms with Crippen LogP contribution in [0.25, 0.3) is 0 Å². The maximum absolute atomic E-state index is 12.8. The fraction of sp³-hybridized carbons (Fsp3) is 0.647. The van der Waals surface area contributed by atoms with Crippen LogP contribution in [0, 0.1) is 0 Å². The molecule has 4 rings (SSSR count). The molecule has 0 radical (unpaired) electrons. The molecule has 2 aromatic heterocycles. The Hall–Kier alpha value is -2.18. The number of rotatable bonds is 5. The number of hydrogen-bond donors (Lipinski definition) is 0. The van der Waals surface area contributed by atoms with E-state index in [9.17, 15) is 4.79 Å². The molecule has 0 N–H and O–H groups in total. The van der Waals surface area contributed by atoms with Gasteiger partial charge in [-0.2, -0.15) is 4.98 Å². The highest BCUT2D eigenvalue weighted by atomic mass is 16.5. The molecule has 2 aliphatic rings. The Kier molecular flexibility index (Phi) is 3.86. The van der Waals surface area contributed by atoms with E-state index in [1.165, 1.54) is 0 Å². The van der Waals surface area contributed by atoms with Crippen molar-refractivity contribution in [2.45, 2.75) is 63.8 Å². The van der Waals surface area contributed by atoms with Crippen molar-refractivity contribution in [1.29, 1.82) is 0 Å². The molecule has 2 fully saturated rings. The van der Waals surface area contributed by atoms with Gasteiger partial charge in [0.25, 0.3) is 5.91 Å². The Labute approximate surface area is 140 Å². The smallest absolute Gasteiger partial charge is 0.293 e. The van der Waals surface area contributed by atoms with Crippen molar-refractivity contribution in [3.63, 3.8) is 0 Å². The Bertz CT molecular complexity index is 734. The zero-order chi connectivity index (χ0) is 16.7. The van der Waals surface area contributed by atoms with Gasteiger partial charge in [-0.3, -0.25) is 4.79 Å². The van der Waals surface area contributed by atoms with Crippen LogP contribution in [0.5, 0.6) is 0 Å². The van der Waals surface area contributed by atoms with Gasteiger partial charge in [-0.05, 0) is 32.1 Å². The number of carbonyl (C=O) groups excluding carboxylic acids is 1. The van der Waals surface area contributed by atoms with Crippen LogP contribution >= 0.6 is 0 Å². The minimum absolute atomic E-state index is 0.133. The van der Waals surface area contributed by atoms with Gasteiger partial charge in [0.05, 0.1) is 11.7 Å². The van der Waals surface area contributed by atoms with Crippen LogP contribution in [-0.4, -0.2) is 32.6 Å². The number of likely N-dealkylation sites (tertiary alicyclic amines) is 1. The minimum Gasteiger partial charge on any atom is -0.351 e. The van der Waals surface area contributed by atoms with E-state index in [1.807, 2.05) is 0 Å². The van der Waals surface area contributed by atoms with E-state index < -0.39 is 0 Å². The Morgan fingerprint density at radius 2 is 2.17 bits per heavy atom. The Morgan fingerprint density at radius 1 is 1.33 bits per heavy atom. The lowest BCUT2D eigenvalue weighted by atomic mass is 10.1. The molecule has 24 heavy (non-hydrogen) atoms. The van der Waals surface area contributed by atoms with E-state index in [4.69, 9.17) is 9.05 Å². The monoisotopic (exact) mass is 330 g/mol. The van der Waals surface area contributed by atoms with Gasteiger partial charge in [-0.15, -0.1) is 0 Å². The lowest BCUT2D eigenvalue weighted by Gasteiger charge is -2.20. The molecule has 1 saturated carbocycles. The predicted molar refractivity (Wildman–Crippen MR) is 84.5 cm³/mol. The SMILES string of the molecule is CC[C@@H](C)c1cc(C(=O)N2CCC[C@H]2c2noc(C3CC3)n2)on1. The average Bonchev–Trinajstić information content (AvgIpc) is 3.04. The van der Waals surface area contributed by atoms with Crippen molar-refractivity contribution in [3.05, 3.63) is 29.2 Å². The van der Waals surface area contributed by atoms with Gasteiger partial charge in [0.1, 0.15) is 0 Å². The summed E-state index contributed by atoms with van der Waals surface area (Å²) < 4.78 is 10.6. The lowest BCUT2D eigenvalue weighted by Crippen LogP contribution is -2.30. The summed E-state index contributed by atoms with van der Waals surface area (Å²) in [5.41, 5.74) is 0.826. The first-order valence-electron chi connectivity index (χ1n) is 8.78. The highest BCUT2D eigenvalue weighted by molar-refractivity contribution is 5.92. The van der Waals surface area contributed by atoms with Gasteiger partial charge in [-0.25, -0.2) is 0 Å². The van der Waals surface area contributed by atoms with Crippen molar-refractivity contribution < 1.29 is 13.8 Å². The molecular weight excluding hydrogens is 308 g/mol. The predicted octanol–water partition coefficient (Wildman–Crippen LogP) is 3.43. The third-order valence-electron chi connectivity index (χ3n) is 5.05. The van der Waals surface area contributed by atoms with Gasteiger partial charge < -0.3 is 13.9 Å². The van der Waals surface area contributed by atoms with Crippen molar-refractivity contribution in [3.8, 4) is 0 Å². The molecule has 128 valence electrons. The van der Waals surface area contributed by atoms with Crippen LogP contribution in [0.1, 0.15) is 91.8 Å². The number of nitrogens with zero attached hydrogens (tertiary/aromatic N) is 4. The molecule has 1 saturated heterocycles. The summed E-state index contributed by atoms with van der Waals surface area (Å²) in [6.07, 6.45) is 4.97. The molecule has 7 heteroatoms. The molecule has 0 aromatic carbocycles. The molecule has 7 nitrogen and oxygen atoms in total. The normalized spacial score (nSPS) is 22.1. The molecule has 0 bridgehead atoms. The molecule has 2 atom stereocenters. The fourth-order valence-corrected chi connectivity index (χ4v) is 3.13.